The van der Waals surface area contributed by atoms with Crippen LogP contribution < -0.4 is 11.1 Å². The second-order valence-corrected chi connectivity index (χ2v) is 5.47. The Morgan fingerprint density at radius 3 is 2.48 bits per heavy atom. The van der Waals surface area contributed by atoms with E-state index >= 15 is 0 Å². The van der Waals surface area contributed by atoms with Crippen LogP contribution in [0.25, 0.3) is 0 Å². The normalized spacial score (nSPS) is 10.6. The number of nitrogens with two attached hydrogens (primary N) is 1. The lowest BCUT2D eigenvalue weighted by atomic mass is 10.1. The van der Waals surface area contributed by atoms with Crippen LogP contribution in [0, 0.1) is 0 Å². The maximum atomic E-state index is 11.9. The Bertz CT molecular complexity index is 407. The number of carbonyl (C=O) groups is 1. The molecule has 1 aromatic rings. The van der Waals surface area contributed by atoms with E-state index in [0.29, 0.717) is 12.1 Å². The predicted octanol–water partition coefficient (Wildman–Crippen LogP) is 3.41. The van der Waals surface area contributed by atoms with Gasteiger partial charge in [0.2, 0.25) is 0 Å². The van der Waals surface area contributed by atoms with Gasteiger partial charge in [-0.05, 0) is 18.6 Å². The summed E-state index contributed by atoms with van der Waals surface area (Å²) in [5, 5.41) is 2.95. The van der Waals surface area contributed by atoms with E-state index < -0.39 is 0 Å². The Balaban J connectivity index is 2.08. The van der Waals surface area contributed by atoms with Crippen molar-refractivity contribution in [1.82, 2.24) is 10.3 Å². The van der Waals surface area contributed by atoms with Gasteiger partial charge in [0.05, 0.1) is 5.69 Å². The monoisotopic (exact) mass is 291 g/mol. The van der Waals surface area contributed by atoms with Gasteiger partial charge in [-0.25, -0.2) is 0 Å². The zero-order valence-electron chi connectivity index (χ0n) is 13.2. The second kappa shape index (κ2) is 11.3. The van der Waals surface area contributed by atoms with Gasteiger partial charge in [0.15, 0.2) is 0 Å². The molecule has 1 heterocycles. The molecule has 0 saturated carbocycles. The van der Waals surface area contributed by atoms with Gasteiger partial charge in [0.25, 0.3) is 5.91 Å². The van der Waals surface area contributed by atoms with Crippen LogP contribution in [0.1, 0.15) is 74.3 Å². The van der Waals surface area contributed by atoms with E-state index in [1.54, 1.807) is 18.3 Å². The average molecular weight is 291 g/mol. The third-order valence-electron chi connectivity index (χ3n) is 3.60. The molecule has 0 bridgehead atoms. The SMILES string of the molecule is CCCCCCCCCCNC(=O)c1ccnc(CN)c1. The standard InChI is InChI=1S/C17H29N3O/c1-2-3-4-5-6-7-8-9-11-20-17(21)15-10-12-19-16(13-15)14-18/h10,12-13H,2-9,11,14,18H2,1H3,(H,20,21). The smallest absolute Gasteiger partial charge is 0.251 e. The van der Waals surface area contributed by atoms with Crippen LogP contribution >= 0.6 is 0 Å². The minimum absolute atomic E-state index is 0.0324. The van der Waals surface area contributed by atoms with E-state index in [-0.39, 0.29) is 5.91 Å². The van der Waals surface area contributed by atoms with E-state index in [1.165, 1.54) is 44.9 Å². The highest BCUT2D eigenvalue weighted by Gasteiger charge is 2.05. The molecule has 0 aliphatic rings. The fourth-order valence-electron chi connectivity index (χ4n) is 2.29. The molecule has 21 heavy (non-hydrogen) atoms. The van der Waals surface area contributed by atoms with Gasteiger partial charge in [0.1, 0.15) is 0 Å². The number of hydrogen-bond acceptors (Lipinski definition) is 3. The third kappa shape index (κ3) is 7.81. The number of amides is 1. The molecule has 4 heteroatoms. The Labute approximate surface area is 128 Å². The van der Waals surface area contributed by atoms with Crippen molar-refractivity contribution in [1.29, 1.82) is 0 Å². The lowest BCUT2D eigenvalue weighted by Crippen LogP contribution is -2.24. The first kappa shape index (κ1) is 17.6. The van der Waals surface area contributed by atoms with Crippen LogP contribution in [0.5, 0.6) is 0 Å². The van der Waals surface area contributed by atoms with Gasteiger partial charge in [-0.3, -0.25) is 9.78 Å². The molecule has 0 unspecified atom stereocenters. The predicted molar refractivity (Wildman–Crippen MR) is 87.1 cm³/mol. The van der Waals surface area contributed by atoms with Crippen LogP contribution in [0.15, 0.2) is 18.3 Å². The fourth-order valence-corrected chi connectivity index (χ4v) is 2.29. The molecule has 1 amide bonds. The Kier molecular flexibility index (Phi) is 9.46. The summed E-state index contributed by atoms with van der Waals surface area (Å²) >= 11 is 0. The first-order valence-corrected chi connectivity index (χ1v) is 8.21. The number of nitrogens with zero attached hydrogens (tertiary/aromatic N) is 1. The van der Waals surface area contributed by atoms with Crippen molar-refractivity contribution in [2.24, 2.45) is 5.73 Å². The van der Waals surface area contributed by atoms with Gasteiger partial charge < -0.3 is 11.1 Å². The van der Waals surface area contributed by atoms with Crippen LogP contribution in [0.4, 0.5) is 0 Å². The quantitative estimate of drug-likeness (QED) is 0.614. The largest absolute Gasteiger partial charge is 0.352 e. The molecule has 0 aromatic carbocycles. The van der Waals surface area contributed by atoms with Crippen molar-refractivity contribution in [2.45, 2.75) is 64.8 Å². The summed E-state index contributed by atoms with van der Waals surface area (Å²) in [6.45, 7) is 3.34. The second-order valence-electron chi connectivity index (χ2n) is 5.47. The number of carbonyl (C=O) groups excluding carboxylic acids is 1. The fraction of sp³-hybridized carbons (Fsp3) is 0.647. The van der Waals surface area contributed by atoms with E-state index in [9.17, 15) is 4.79 Å². The molecule has 0 aliphatic carbocycles. The van der Waals surface area contributed by atoms with Gasteiger partial charge in [-0.15, -0.1) is 0 Å². The molecule has 4 nitrogen and oxygen atoms in total. The van der Waals surface area contributed by atoms with Crippen LogP contribution in [0.2, 0.25) is 0 Å². The molecule has 1 aromatic heterocycles. The summed E-state index contributed by atoms with van der Waals surface area (Å²) in [4.78, 5) is 16.0. The first-order valence-electron chi connectivity index (χ1n) is 8.21. The van der Waals surface area contributed by atoms with Crippen molar-refractivity contribution in [2.75, 3.05) is 6.54 Å². The van der Waals surface area contributed by atoms with Gasteiger partial charge in [-0.2, -0.15) is 0 Å². The molecule has 0 aliphatic heterocycles. The highest BCUT2D eigenvalue weighted by atomic mass is 16.1. The highest BCUT2D eigenvalue weighted by molar-refractivity contribution is 5.94. The third-order valence-corrected chi connectivity index (χ3v) is 3.60. The summed E-state index contributed by atoms with van der Waals surface area (Å²) in [7, 11) is 0. The molecule has 0 spiro atoms. The van der Waals surface area contributed by atoms with Crippen LogP contribution in [0.3, 0.4) is 0 Å². The Morgan fingerprint density at radius 2 is 1.81 bits per heavy atom. The molecular weight excluding hydrogens is 262 g/mol. The molecule has 0 atom stereocenters. The Hall–Kier alpha value is -1.42. The number of rotatable bonds is 11. The van der Waals surface area contributed by atoms with Crippen molar-refractivity contribution >= 4 is 5.91 Å². The summed E-state index contributed by atoms with van der Waals surface area (Å²) in [5.41, 5.74) is 6.91. The minimum Gasteiger partial charge on any atom is -0.352 e. The molecule has 0 fully saturated rings. The van der Waals surface area contributed by atoms with Gasteiger partial charge >= 0.3 is 0 Å². The van der Waals surface area contributed by atoms with Crippen molar-refractivity contribution in [3.8, 4) is 0 Å². The van der Waals surface area contributed by atoms with Gasteiger partial charge in [-0.1, -0.05) is 51.9 Å². The van der Waals surface area contributed by atoms with E-state index in [2.05, 4.69) is 17.2 Å². The number of pyridine rings is 1. The average Bonchev–Trinajstić information content (AvgIpc) is 2.53. The summed E-state index contributed by atoms with van der Waals surface area (Å²) in [5.74, 6) is -0.0324. The molecule has 1 rings (SSSR count). The van der Waals surface area contributed by atoms with Gasteiger partial charge in [0, 0.05) is 24.8 Å². The van der Waals surface area contributed by atoms with Crippen molar-refractivity contribution in [3.05, 3.63) is 29.6 Å². The maximum Gasteiger partial charge on any atom is 0.251 e. The number of unbranched alkanes of at least 4 members (excludes halogenated alkanes) is 7. The zero-order valence-corrected chi connectivity index (χ0v) is 13.2. The lowest BCUT2D eigenvalue weighted by Gasteiger charge is -2.06. The highest BCUT2D eigenvalue weighted by Crippen LogP contribution is 2.08. The number of aromatic nitrogens is 1. The number of hydrogen-bond donors (Lipinski definition) is 2. The molecule has 0 radical (unpaired) electrons. The molecule has 118 valence electrons. The van der Waals surface area contributed by atoms with E-state index in [0.717, 1.165) is 18.7 Å². The zero-order chi connectivity index (χ0) is 15.3. The summed E-state index contributed by atoms with van der Waals surface area (Å²) in [6.07, 6.45) is 11.8. The molecule has 3 N–H and O–H groups in total. The topological polar surface area (TPSA) is 68.0 Å². The summed E-state index contributed by atoms with van der Waals surface area (Å²) < 4.78 is 0. The molecule has 0 saturated heterocycles. The Morgan fingerprint density at radius 1 is 1.14 bits per heavy atom. The van der Waals surface area contributed by atoms with E-state index in [4.69, 9.17) is 5.73 Å². The van der Waals surface area contributed by atoms with E-state index in [1.807, 2.05) is 0 Å². The summed E-state index contributed by atoms with van der Waals surface area (Å²) in [6, 6.07) is 3.48. The van der Waals surface area contributed by atoms with Crippen LogP contribution in [-0.2, 0) is 6.54 Å². The molecular formula is C17H29N3O. The first-order chi connectivity index (χ1) is 10.3. The lowest BCUT2D eigenvalue weighted by molar-refractivity contribution is 0.0952. The maximum absolute atomic E-state index is 11.9. The minimum atomic E-state index is -0.0324. The van der Waals surface area contributed by atoms with Crippen LogP contribution in [-0.4, -0.2) is 17.4 Å². The number of nitrogens with one attached hydrogen (secondary N) is 1. The van der Waals surface area contributed by atoms with Crippen molar-refractivity contribution < 1.29 is 4.79 Å². The van der Waals surface area contributed by atoms with Crippen molar-refractivity contribution in [3.63, 3.8) is 0 Å².